The molecule has 0 bridgehead atoms. The summed E-state index contributed by atoms with van der Waals surface area (Å²) in [6, 6.07) is 6.35. The number of rotatable bonds is 4. The fourth-order valence-electron chi connectivity index (χ4n) is 2.37. The predicted octanol–water partition coefficient (Wildman–Crippen LogP) is 2.76. The van der Waals surface area contributed by atoms with Crippen molar-refractivity contribution in [2.24, 2.45) is 0 Å². The number of nitrogens with zero attached hydrogens (tertiary/aromatic N) is 2. The van der Waals surface area contributed by atoms with Crippen molar-refractivity contribution in [2.45, 2.75) is 25.0 Å². The third kappa shape index (κ3) is 3.26. The summed E-state index contributed by atoms with van der Waals surface area (Å²) in [5.74, 6) is 0. The molecule has 130 valence electrons. The van der Waals surface area contributed by atoms with Crippen molar-refractivity contribution in [3.63, 3.8) is 0 Å². The molecule has 5 nitrogen and oxygen atoms in total. The molecule has 10 heteroatoms. The number of aliphatic hydroxyl groups excluding tert-OH is 1. The second-order valence-electron chi connectivity index (χ2n) is 5.39. The van der Waals surface area contributed by atoms with E-state index in [1.54, 1.807) is 24.3 Å². The van der Waals surface area contributed by atoms with Gasteiger partial charge < -0.3 is 5.11 Å². The highest BCUT2D eigenvalue weighted by molar-refractivity contribution is 9.10. The summed E-state index contributed by atoms with van der Waals surface area (Å²) in [6.07, 6.45) is -7.73. The molecule has 1 fully saturated rings. The van der Waals surface area contributed by atoms with E-state index >= 15 is 0 Å². The first-order chi connectivity index (χ1) is 11.2. The molecule has 0 saturated carbocycles. The van der Waals surface area contributed by atoms with Crippen LogP contribution in [0.25, 0.3) is 11.3 Å². The van der Waals surface area contributed by atoms with Crippen LogP contribution in [-0.2, 0) is 6.54 Å². The number of hydrogen-bond acceptors (Lipinski definition) is 3. The minimum atomic E-state index is -4.82. The topological polar surface area (TPSA) is 69.1 Å². The zero-order valence-corrected chi connectivity index (χ0v) is 14.4. The highest BCUT2D eigenvalue weighted by Gasteiger charge is 2.40. The van der Waals surface area contributed by atoms with E-state index in [2.05, 4.69) is 21.2 Å². The number of halogens is 5. The minimum absolute atomic E-state index is 0.258. The monoisotopic (exact) mass is 425 g/mol. The molecule has 1 saturated heterocycles. The van der Waals surface area contributed by atoms with E-state index in [-0.39, 0.29) is 11.9 Å². The molecule has 1 aromatic heterocycles. The molecular formula is C14H12BrClF3N3O2. The van der Waals surface area contributed by atoms with Crippen LogP contribution in [0.4, 0.5) is 13.2 Å². The predicted molar refractivity (Wildman–Crippen MR) is 85.9 cm³/mol. The Hall–Kier alpha value is -1.29. The maximum atomic E-state index is 12.7. The van der Waals surface area contributed by atoms with Crippen molar-refractivity contribution in [1.82, 2.24) is 14.5 Å². The molecule has 0 amide bonds. The van der Waals surface area contributed by atoms with Crippen LogP contribution in [0.2, 0.25) is 5.02 Å². The van der Waals surface area contributed by atoms with Crippen molar-refractivity contribution >= 4 is 27.5 Å². The molecule has 1 unspecified atom stereocenters. The number of benzene rings is 1. The number of nitrogens with one attached hydrogen (secondary N) is 1. The van der Waals surface area contributed by atoms with E-state index in [4.69, 9.17) is 11.6 Å². The number of hydrogen-bond donors (Lipinski definition) is 2. The smallest absolute Gasteiger partial charge is 0.382 e. The Morgan fingerprint density at radius 3 is 2.46 bits per heavy atom. The summed E-state index contributed by atoms with van der Waals surface area (Å²) in [5, 5.41) is 12.8. The molecule has 1 aliphatic heterocycles. The zero-order valence-electron chi connectivity index (χ0n) is 12.0. The van der Waals surface area contributed by atoms with E-state index in [1.807, 2.05) is 0 Å². The largest absolute Gasteiger partial charge is 0.416 e. The van der Waals surface area contributed by atoms with Crippen molar-refractivity contribution in [3.8, 4) is 11.3 Å². The summed E-state index contributed by atoms with van der Waals surface area (Å²) in [4.78, 5) is 12.5. The van der Waals surface area contributed by atoms with Gasteiger partial charge in [-0.2, -0.15) is 13.2 Å². The quantitative estimate of drug-likeness (QED) is 0.739. The number of alkyl halides is 3. The summed E-state index contributed by atoms with van der Waals surface area (Å²) in [7, 11) is 0. The summed E-state index contributed by atoms with van der Waals surface area (Å²) in [6.45, 7) is -0.344. The Kier molecular flexibility index (Phi) is 4.54. The van der Waals surface area contributed by atoms with Crippen LogP contribution in [0, 0.1) is 0 Å². The normalized spacial score (nSPS) is 18.7. The Morgan fingerprint density at radius 2 is 1.96 bits per heavy atom. The van der Waals surface area contributed by atoms with Crippen LogP contribution in [0.5, 0.6) is 0 Å². The van der Waals surface area contributed by atoms with Gasteiger partial charge in [0.15, 0.2) is 6.10 Å². The minimum Gasteiger partial charge on any atom is -0.382 e. The molecule has 0 spiro atoms. The summed E-state index contributed by atoms with van der Waals surface area (Å²) in [5.41, 5.74) is 0.135. The molecule has 0 aliphatic carbocycles. The zero-order chi connectivity index (χ0) is 17.6. The summed E-state index contributed by atoms with van der Waals surface area (Å²) < 4.78 is 40.7. The first kappa shape index (κ1) is 17.5. The van der Waals surface area contributed by atoms with Crippen molar-refractivity contribution in [3.05, 3.63) is 44.4 Å². The first-order valence-electron chi connectivity index (χ1n) is 6.94. The van der Waals surface area contributed by atoms with Gasteiger partial charge in [-0.3, -0.25) is 14.5 Å². The standard InChI is InChI=1S/C14H12BrClF3N3O2/c15-12-11(7-1-3-8(16)4-2-7)21(6-9(23)14(17,18)19)13(24)22(12)10-5-20-10/h1-4,9-10,20,23H,5-6H2/t9?,10-/m0/s1. The van der Waals surface area contributed by atoms with Gasteiger partial charge in [-0.1, -0.05) is 23.7 Å². The SMILES string of the molecule is O=c1n(CC(O)C(F)(F)F)c(-c2ccc(Cl)cc2)c(Br)n1[C@H]1CN1. The molecule has 1 aliphatic rings. The van der Waals surface area contributed by atoms with E-state index in [1.165, 1.54) is 4.57 Å². The number of aliphatic hydroxyl groups is 1. The van der Waals surface area contributed by atoms with Crippen LogP contribution >= 0.6 is 27.5 Å². The van der Waals surface area contributed by atoms with Crippen LogP contribution in [0.1, 0.15) is 6.17 Å². The molecule has 2 atom stereocenters. The molecule has 2 aromatic rings. The fourth-order valence-corrected chi connectivity index (χ4v) is 3.34. The lowest BCUT2D eigenvalue weighted by atomic mass is 10.1. The third-order valence-electron chi connectivity index (χ3n) is 3.66. The Bertz CT molecular complexity index is 812. The van der Waals surface area contributed by atoms with Gasteiger partial charge in [-0.15, -0.1) is 0 Å². The molecule has 3 rings (SSSR count). The van der Waals surface area contributed by atoms with Gasteiger partial charge in [0.05, 0.1) is 12.2 Å². The molecule has 24 heavy (non-hydrogen) atoms. The van der Waals surface area contributed by atoms with E-state index in [9.17, 15) is 23.1 Å². The molecule has 0 radical (unpaired) electrons. The van der Waals surface area contributed by atoms with Gasteiger partial charge in [-0.25, -0.2) is 4.79 Å². The van der Waals surface area contributed by atoms with Gasteiger partial charge in [-0.05, 0) is 28.1 Å². The van der Waals surface area contributed by atoms with Crippen LogP contribution in [-0.4, -0.2) is 33.1 Å². The second kappa shape index (κ2) is 6.21. The third-order valence-corrected chi connectivity index (χ3v) is 4.67. The molecular weight excluding hydrogens is 415 g/mol. The lowest BCUT2D eigenvalue weighted by Gasteiger charge is -2.16. The van der Waals surface area contributed by atoms with Crippen LogP contribution in [0.3, 0.4) is 0 Å². The average molecular weight is 427 g/mol. The highest BCUT2D eigenvalue weighted by atomic mass is 79.9. The van der Waals surface area contributed by atoms with Crippen molar-refractivity contribution in [2.75, 3.05) is 6.54 Å². The van der Waals surface area contributed by atoms with Gasteiger partial charge in [0.2, 0.25) is 0 Å². The van der Waals surface area contributed by atoms with Gasteiger partial charge in [0, 0.05) is 17.1 Å². The Labute approximate surface area is 147 Å². The van der Waals surface area contributed by atoms with E-state index in [0.717, 1.165) is 4.57 Å². The van der Waals surface area contributed by atoms with Gasteiger partial charge in [0.1, 0.15) is 10.8 Å². The van der Waals surface area contributed by atoms with Crippen LogP contribution < -0.4 is 11.0 Å². The molecule has 1 aromatic carbocycles. The summed E-state index contributed by atoms with van der Waals surface area (Å²) >= 11 is 9.13. The second-order valence-corrected chi connectivity index (χ2v) is 6.58. The molecule has 2 N–H and O–H groups in total. The Balaban J connectivity index is 2.13. The van der Waals surface area contributed by atoms with E-state index < -0.39 is 24.5 Å². The Morgan fingerprint density at radius 1 is 1.38 bits per heavy atom. The lowest BCUT2D eigenvalue weighted by Crippen LogP contribution is -2.37. The van der Waals surface area contributed by atoms with Crippen molar-refractivity contribution in [1.29, 1.82) is 0 Å². The maximum absolute atomic E-state index is 12.7. The van der Waals surface area contributed by atoms with Crippen LogP contribution in [0.15, 0.2) is 33.7 Å². The molecule has 2 heterocycles. The van der Waals surface area contributed by atoms with Gasteiger partial charge >= 0.3 is 11.9 Å². The van der Waals surface area contributed by atoms with E-state index in [0.29, 0.717) is 21.7 Å². The number of imidazole rings is 1. The van der Waals surface area contributed by atoms with Crippen molar-refractivity contribution < 1.29 is 18.3 Å². The first-order valence-corrected chi connectivity index (χ1v) is 8.12. The maximum Gasteiger partial charge on any atom is 0.416 e. The highest BCUT2D eigenvalue weighted by Crippen LogP contribution is 2.32. The number of aromatic nitrogens is 2. The fraction of sp³-hybridized carbons (Fsp3) is 0.357. The van der Waals surface area contributed by atoms with Gasteiger partial charge in [0.25, 0.3) is 0 Å². The lowest BCUT2D eigenvalue weighted by molar-refractivity contribution is -0.207. The average Bonchev–Trinajstić information content (AvgIpc) is 3.28.